The van der Waals surface area contributed by atoms with Gasteiger partial charge in [-0.2, -0.15) is 5.10 Å². The fourth-order valence-corrected chi connectivity index (χ4v) is 4.72. The van der Waals surface area contributed by atoms with E-state index >= 15 is 0 Å². The number of amides is 1. The minimum absolute atomic E-state index is 0.0236. The van der Waals surface area contributed by atoms with Gasteiger partial charge in [-0.05, 0) is 50.7 Å². The minimum atomic E-state index is -0.126. The molecule has 1 amide bonds. The van der Waals surface area contributed by atoms with Crippen molar-refractivity contribution in [3.63, 3.8) is 0 Å². The number of piperidine rings is 1. The number of carbonyl (C=O) groups is 2. The van der Waals surface area contributed by atoms with Gasteiger partial charge in [-0.25, -0.2) is 4.98 Å². The van der Waals surface area contributed by atoms with Gasteiger partial charge >= 0.3 is 0 Å². The molecule has 2 aliphatic rings. The van der Waals surface area contributed by atoms with Crippen molar-refractivity contribution in [2.75, 3.05) is 23.3 Å². The molecule has 4 rings (SSSR count). The summed E-state index contributed by atoms with van der Waals surface area (Å²) < 4.78 is 0. The van der Waals surface area contributed by atoms with E-state index in [0.29, 0.717) is 22.2 Å². The van der Waals surface area contributed by atoms with E-state index in [4.69, 9.17) is 0 Å². The third kappa shape index (κ3) is 3.71. The van der Waals surface area contributed by atoms with Gasteiger partial charge in [0.05, 0.1) is 22.2 Å². The molecule has 2 aromatic heterocycles. The van der Waals surface area contributed by atoms with Crippen LogP contribution in [0.4, 0.5) is 10.9 Å². The maximum Gasteiger partial charge on any atom is 0.231 e. The van der Waals surface area contributed by atoms with Crippen molar-refractivity contribution in [1.29, 1.82) is 0 Å². The number of ketones is 1. The van der Waals surface area contributed by atoms with E-state index in [-0.39, 0.29) is 17.6 Å². The number of thiazole rings is 1. The van der Waals surface area contributed by atoms with E-state index in [1.807, 2.05) is 0 Å². The number of aromatic nitrogens is 3. The Kier molecular flexibility index (Phi) is 4.90. The van der Waals surface area contributed by atoms with Crippen LogP contribution in [-0.4, -0.2) is 40.0 Å². The lowest BCUT2D eigenvalue weighted by Crippen LogP contribution is -2.41. The predicted octanol–water partition coefficient (Wildman–Crippen LogP) is 2.79. The summed E-state index contributed by atoms with van der Waals surface area (Å²) in [5.41, 5.74) is 3.08. The number of nitrogens with one attached hydrogen (secondary N) is 1. The second kappa shape index (κ2) is 7.34. The van der Waals surface area contributed by atoms with Crippen LogP contribution in [0, 0.1) is 12.8 Å². The maximum absolute atomic E-state index is 12.7. The number of hydrogen-bond donors (Lipinski definition) is 1. The van der Waals surface area contributed by atoms with Crippen molar-refractivity contribution in [1.82, 2.24) is 15.2 Å². The smallest absolute Gasteiger partial charge is 0.231 e. The quantitative estimate of drug-likeness (QED) is 0.814. The van der Waals surface area contributed by atoms with Gasteiger partial charge in [0.2, 0.25) is 5.91 Å². The molecule has 8 heteroatoms. The first-order valence-corrected chi connectivity index (χ1v) is 10.2. The lowest BCUT2D eigenvalue weighted by atomic mass is 9.97. The number of carbonyl (C=O) groups excluding carboxylic acids is 2. The van der Waals surface area contributed by atoms with Crippen molar-refractivity contribution in [3.05, 3.63) is 27.9 Å². The molecule has 1 N–H and O–H groups in total. The molecule has 0 radical (unpaired) electrons. The highest BCUT2D eigenvalue weighted by molar-refractivity contribution is 7.17. The van der Waals surface area contributed by atoms with Gasteiger partial charge in [0.15, 0.2) is 16.7 Å². The summed E-state index contributed by atoms with van der Waals surface area (Å²) in [5.74, 6) is 0.679. The van der Waals surface area contributed by atoms with Gasteiger partial charge < -0.3 is 10.2 Å². The summed E-state index contributed by atoms with van der Waals surface area (Å²) in [6.07, 6.45) is 5.01. The Morgan fingerprint density at radius 1 is 1.26 bits per heavy atom. The second-order valence-corrected chi connectivity index (χ2v) is 8.29. The van der Waals surface area contributed by atoms with Crippen molar-refractivity contribution in [2.45, 2.75) is 46.0 Å². The van der Waals surface area contributed by atoms with Crippen molar-refractivity contribution >= 4 is 34.0 Å². The van der Waals surface area contributed by atoms with E-state index in [2.05, 4.69) is 31.5 Å². The number of aryl methyl sites for hydroxylation is 3. The summed E-state index contributed by atoms with van der Waals surface area (Å²) in [6.45, 7) is 4.83. The third-order valence-electron chi connectivity index (χ3n) is 5.27. The molecule has 3 heterocycles. The van der Waals surface area contributed by atoms with Gasteiger partial charge in [-0.3, -0.25) is 9.59 Å². The predicted molar refractivity (Wildman–Crippen MR) is 104 cm³/mol. The molecule has 27 heavy (non-hydrogen) atoms. The van der Waals surface area contributed by atoms with Gasteiger partial charge in [-0.1, -0.05) is 11.3 Å². The zero-order chi connectivity index (χ0) is 19.0. The monoisotopic (exact) mass is 385 g/mol. The molecule has 0 spiro atoms. The molecule has 142 valence electrons. The van der Waals surface area contributed by atoms with Crippen LogP contribution < -0.4 is 10.2 Å². The number of hydrogen-bond acceptors (Lipinski definition) is 7. The Balaban J connectivity index is 1.44. The SMILES string of the molecule is CC(=O)c1sc(NC(=O)C2CCCN(c3cc4c(nn3)CCC4)C2)nc1C. The summed E-state index contributed by atoms with van der Waals surface area (Å²) >= 11 is 1.24. The summed E-state index contributed by atoms with van der Waals surface area (Å²) in [4.78, 5) is 31.4. The van der Waals surface area contributed by atoms with E-state index in [9.17, 15) is 9.59 Å². The standard InChI is InChI=1S/C19H23N5O2S/c1-11-17(12(2)25)27-19(20-11)21-18(26)14-6-4-8-24(10-14)16-9-13-5-3-7-15(13)22-23-16/h9,14H,3-8,10H2,1-2H3,(H,20,21,26). The molecule has 1 saturated heterocycles. The fourth-order valence-electron chi connectivity index (χ4n) is 3.85. The Hall–Kier alpha value is -2.35. The van der Waals surface area contributed by atoms with Gasteiger partial charge in [0, 0.05) is 20.0 Å². The van der Waals surface area contributed by atoms with E-state index in [0.717, 1.165) is 50.2 Å². The average molecular weight is 385 g/mol. The van der Waals surface area contributed by atoms with E-state index in [1.165, 1.54) is 23.8 Å². The zero-order valence-electron chi connectivity index (χ0n) is 15.6. The van der Waals surface area contributed by atoms with Crippen molar-refractivity contribution in [2.24, 2.45) is 5.92 Å². The molecule has 0 aromatic carbocycles. The van der Waals surface area contributed by atoms with Gasteiger partial charge in [0.1, 0.15) is 0 Å². The van der Waals surface area contributed by atoms with Crippen molar-refractivity contribution in [3.8, 4) is 0 Å². The lowest BCUT2D eigenvalue weighted by Gasteiger charge is -2.32. The normalized spacial score (nSPS) is 19.0. The Morgan fingerprint density at radius 2 is 2.11 bits per heavy atom. The highest BCUT2D eigenvalue weighted by Crippen LogP contribution is 2.28. The highest BCUT2D eigenvalue weighted by atomic mass is 32.1. The molecule has 7 nitrogen and oxygen atoms in total. The first-order chi connectivity index (χ1) is 13.0. The van der Waals surface area contributed by atoms with E-state index < -0.39 is 0 Å². The molecule has 1 aliphatic carbocycles. The molecular formula is C19H23N5O2S. The number of fused-ring (bicyclic) bond motifs is 1. The molecule has 2 aromatic rings. The van der Waals surface area contributed by atoms with Gasteiger partial charge in [0.25, 0.3) is 0 Å². The number of nitrogens with zero attached hydrogens (tertiary/aromatic N) is 4. The van der Waals surface area contributed by atoms with Crippen LogP contribution in [0.2, 0.25) is 0 Å². The number of rotatable bonds is 4. The molecule has 1 atom stereocenters. The van der Waals surface area contributed by atoms with Crippen LogP contribution >= 0.6 is 11.3 Å². The third-order valence-corrected chi connectivity index (χ3v) is 6.44. The first-order valence-electron chi connectivity index (χ1n) is 9.41. The van der Waals surface area contributed by atoms with Crippen molar-refractivity contribution < 1.29 is 9.59 Å². The lowest BCUT2D eigenvalue weighted by molar-refractivity contribution is -0.120. The molecule has 1 fully saturated rings. The largest absolute Gasteiger partial charge is 0.354 e. The van der Waals surface area contributed by atoms with Crippen LogP contribution in [0.25, 0.3) is 0 Å². The highest BCUT2D eigenvalue weighted by Gasteiger charge is 2.28. The van der Waals surface area contributed by atoms with E-state index in [1.54, 1.807) is 6.92 Å². The van der Waals surface area contributed by atoms with Crippen LogP contribution in [0.3, 0.4) is 0 Å². The summed E-state index contributed by atoms with van der Waals surface area (Å²) in [7, 11) is 0. The average Bonchev–Trinajstić information content (AvgIpc) is 3.27. The Labute approximate surface area is 162 Å². The molecule has 0 bridgehead atoms. The number of Topliss-reactive ketones (excluding diaryl/α,β-unsaturated/α-hetero) is 1. The summed E-state index contributed by atoms with van der Waals surface area (Å²) in [6, 6.07) is 2.14. The first kappa shape index (κ1) is 18.0. The molecule has 1 aliphatic heterocycles. The van der Waals surface area contributed by atoms with Crippen LogP contribution in [0.5, 0.6) is 0 Å². The molecule has 0 saturated carbocycles. The summed E-state index contributed by atoms with van der Waals surface area (Å²) in [5, 5.41) is 12.1. The Morgan fingerprint density at radius 3 is 2.89 bits per heavy atom. The fraction of sp³-hybridized carbons (Fsp3) is 0.526. The van der Waals surface area contributed by atoms with Gasteiger partial charge in [-0.15, -0.1) is 5.10 Å². The Bertz CT molecular complexity index is 894. The molecular weight excluding hydrogens is 362 g/mol. The van der Waals surface area contributed by atoms with Crippen LogP contribution in [0.1, 0.15) is 52.8 Å². The zero-order valence-corrected chi connectivity index (χ0v) is 16.4. The second-order valence-electron chi connectivity index (χ2n) is 7.29. The van der Waals surface area contributed by atoms with Crippen LogP contribution in [-0.2, 0) is 17.6 Å². The number of anilines is 2. The maximum atomic E-state index is 12.7. The minimum Gasteiger partial charge on any atom is -0.354 e. The van der Waals surface area contributed by atoms with Crippen LogP contribution in [0.15, 0.2) is 6.07 Å². The molecule has 1 unspecified atom stereocenters. The topological polar surface area (TPSA) is 88.1 Å².